The standard InChI is InChI=1S/C8H14N6/c1-3-4-11-8-13-6(5(2)9)12-7(10)14-8/h9H,3-4H2,1-2H3,(H3,10,11,12,13,14). The van der Waals surface area contributed by atoms with Crippen molar-refractivity contribution in [1.82, 2.24) is 15.0 Å². The minimum Gasteiger partial charge on any atom is -0.368 e. The van der Waals surface area contributed by atoms with E-state index in [4.69, 9.17) is 11.1 Å². The third-order valence-corrected chi connectivity index (χ3v) is 1.52. The molecule has 1 rings (SSSR count). The van der Waals surface area contributed by atoms with Gasteiger partial charge in [0.2, 0.25) is 11.9 Å². The zero-order valence-electron chi connectivity index (χ0n) is 8.33. The number of hydrogen-bond acceptors (Lipinski definition) is 6. The van der Waals surface area contributed by atoms with Gasteiger partial charge in [-0.1, -0.05) is 6.92 Å². The molecule has 6 nitrogen and oxygen atoms in total. The van der Waals surface area contributed by atoms with Crippen LogP contribution in [0.2, 0.25) is 0 Å². The SMILES string of the molecule is CCCNc1nc(N)nc(C(C)=N)n1. The third kappa shape index (κ3) is 2.65. The van der Waals surface area contributed by atoms with Gasteiger partial charge < -0.3 is 16.5 Å². The van der Waals surface area contributed by atoms with Gasteiger partial charge in [-0.3, -0.25) is 0 Å². The van der Waals surface area contributed by atoms with E-state index in [-0.39, 0.29) is 11.7 Å². The van der Waals surface area contributed by atoms with Crippen LogP contribution >= 0.6 is 0 Å². The molecule has 0 amide bonds. The number of nitrogens with one attached hydrogen (secondary N) is 2. The Morgan fingerprint density at radius 1 is 1.43 bits per heavy atom. The molecule has 76 valence electrons. The molecule has 0 fully saturated rings. The largest absolute Gasteiger partial charge is 0.368 e. The Morgan fingerprint density at radius 3 is 2.71 bits per heavy atom. The summed E-state index contributed by atoms with van der Waals surface area (Å²) in [7, 11) is 0. The van der Waals surface area contributed by atoms with Crippen LogP contribution in [-0.2, 0) is 0 Å². The third-order valence-electron chi connectivity index (χ3n) is 1.52. The van der Waals surface area contributed by atoms with Crippen LogP contribution in [-0.4, -0.2) is 27.2 Å². The lowest BCUT2D eigenvalue weighted by Crippen LogP contribution is -2.12. The van der Waals surface area contributed by atoms with E-state index in [0.29, 0.717) is 11.8 Å². The molecule has 0 spiro atoms. The zero-order chi connectivity index (χ0) is 10.6. The molecule has 6 heteroatoms. The molecule has 0 aromatic carbocycles. The first kappa shape index (κ1) is 10.4. The Morgan fingerprint density at radius 2 is 2.14 bits per heavy atom. The van der Waals surface area contributed by atoms with Crippen molar-refractivity contribution in [2.24, 2.45) is 0 Å². The summed E-state index contributed by atoms with van der Waals surface area (Å²) < 4.78 is 0. The van der Waals surface area contributed by atoms with Gasteiger partial charge in [-0.15, -0.1) is 0 Å². The Bertz CT molecular complexity index is 335. The highest BCUT2D eigenvalue weighted by atomic mass is 15.2. The second kappa shape index (κ2) is 4.50. The number of nitrogens with zero attached hydrogens (tertiary/aromatic N) is 3. The van der Waals surface area contributed by atoms with Crippen LogP contribution in [0.15, 0.2) is 0 Å². The van der Waals surface area contributed by atoms with Crippen molar-refractivity contribution in [3.8, 4) is 0 Å². The predicted molar refractivity (Wildman–Crippen MR) is 55.5 cm³/mol. The van der Waals surface area contributed by atoms with Crippen LogP contribution < -0.4 is 11.1 Å². The van der Waals surface area contributed by atoms with E-state index in [9.17, 15) is 0 Å². The van der Waals surface area contributed by atoms with Crippen molar-refractivity contribution in [1.29, 1.82) is 5.41 Å². The van der Waals surface area contributed by atoms with E-state index in [2.05, 4.69) is 20.3 Å². The summed E-state index contributed by atoms with van der Waals surface area (Å²) in [6, 6.07) is 0. The monoisotopic (exact) mass is 194 g/mol. The maximum Gasteiger partial charge on any atom is 0.228 e. The molecule has 0 aliphatic carbocycles. The Balaban J connectivity index is 2.89. The second-order valence-corrected chi connectivity index (χ2v) is 2.89. The smallest absolute Gasteiger partial charge is 0.228 e. The van der Waals surface area contributed by atoms with Crippen molar-refractivity contribution >= 4 is 17.6 Å². The molecule has 1 heterocycles. The minimum atomic E-state index is 0.139. The molecule has 0 radical (unpaired) electrons. The molecule has 0 atom stereocenters. The molecule has 0 saturated heterocycles. The maximum absolute atomic E-state index is 7.37. The molecule has 1 aromatic heterocycles. The molecular formula is C8H14N6. The molecule has 0 aliphatic rings. The van der Waals surface area contributed by atoms with Crippen LogP contribution in [0.3, 0.4) is 0 Å². The highest BCUT2D eigenvalue weighted by molar-refractivity contribution is 5.92. The number of anilines is 2. The Labute approximate surface area is 82.5 Å². The first-order valence-corrected chi connectivity index (χ1v) is 4.44. The van der Waals surface area contributed by atoms with E-state index in [1.165, 1.54) is 0 Å². The van der Waals surface area contributed by atoms with Gasteiger partial charge in [-0.05, 0) is 13.3 Å². The number of hydrogen-bond donors (Lipinski definition) is 3. The average Bonchev–Trinajstić information content (AvgIpc) is 2.14. The summed E-state index contributed by atoms with van der Waals surface area (Å²) in [5.74, 6) is 0.886. The van der Waals surface area contributed by atoms with Crippen LogP contribution in [0.5, 0.6) is 0 Å². The predicted octanol–water partition coefficient (Wildman–Crippen LogP) is 0.663. The highest BCUT2D eigenvalue weighted by Crippen LogP contribution is 2.02. The van der Waals surface area contributed by atoms with Gasteiger partial charge in [0.15, 0.2) is 5.82 Å². The highest BCUT2D eigenvalue weighted by Gasteiger charge is 2.04. The minimum absolute atomic E-state index is 0.139. The molecular weight excluding hydrogens is 180 g/mol. The molecule has 14 heavy (non-hydrogen) atoms. The van der Waals surface area contributed by atoms with Crippen LogP contribution in [0, 0.1) is 5.41 Å². The fourth-order valence-corrected chi connectivity index (χ4v) is 0.876. The van der Waals surface area contributed by atoms with Crippen LogP contribution in [0.4, 0.5) is 11.9 Å². The summed E-state index contributed by atoms with van der Waals surface area (Å²) in [5, 5.41) is 10.4. The number of rotatable bonds is 4. The summed E-state index contributed by atoms with van der Waals surface area (Å²) in [5.41, 5.74) is 5.75. The van der Waals surface area contributed by atoms with E-state index in [1.54, 1.807) is 6.92 Å². The summed E-state index contributed by atoms with van der Waals surface area (Å²) in [6.07, 6.45) is 0.977. The number of aromatic nitrogens is 3. The van der Waals surface area contributed by atoms with Crippen molar-refractivity contribution < 1.29 is 0 Å². The van der Waals surface area contributed by atoms with Crippen molar-refractivity contribution in [2.75, 3.05) is 17.6 Å². The zero-order valence-corrected chi connectivity index (χ0v) is 8.33. The van der Waals surface area contributed by atoms with Crippen LogP contribution in [0.1, 0.15) is 26.1 Å². The van der Waals surface area contributed by atoms with Crippen molar-refractivity contribution in [3.63, 3.8) is 0 Å². The molecule has 0 bridgehead atoms. The maximum atomic E-state index is 7.37. The van der Waals surface area contributed by atoms with E-state index >= 15 is 0 Å². The lowest BCUT2D eigenvalue weighted by atomic mass is 10.4. The molecule has 0 saturated carbocycles. The second-order valence-electron chi connectivity index (χ2n) is 2.89. The lowest BCUT2D eigenvalue weighted by Gasteiger charge is -2.04. The first-order chi connectivity index (χ1) is 6.63. The fourth-order valence-electron chi connectivity index (χ4n) is 0.876. The van der Waals surface area contributed by atoms with E-state index in [1.807, 2.05) is 6.92 Å². The Hall–Kier alpha value is -1.72. The van der Waals surface area contributed by atoms with Gasteiger partial charge in [-0.25, -0.2) is 0 Å². The van der Waals surface area contributed by atoms with E-state index in [0.717, 1.165) is 13.0 Å². The molecule has 4 N–H and O–H groups in total. The van der Waals surface area contributed by atoms with Crippen molar-refractivity contribution in [3.05, 3.63) is 5.82 Å². The average molecular weight is 194 g/mol. The topological polar surface area (TPSA) is 101 Å². The summed E-state index contributed by atoms with van der Waals surface area (Å²) in [4.78, 5) is 11.8. The van der Waals surface area contributed by atoms with Gasteiger partial charge in [-0.2, -0.15) is 15.0 Å². The quantitative estimate of drug-likeness (QED) is 0.611. The summed E-state index contributed by atoms with van der Waals surface area (Å²) >= 11 is 0. The molecule has 0 unspecified atom stereocenters. The normalized spacial score (nSPS) is 9.86. The summed E-state index contributed by atoms with van der Waals surface area (Å²) in [6.45, 7) is 4.43. The van der Waals surface area contributed by atoms with Crippen molar-refractivity contribution in [2.45, 2.75) is 20.3 Å². The van der Waals surface area contributed by atoms with Crippen LogP contribution in [0.25, 0.3) is 0 Å². The first-order valence-electron chi connectivity index (χ1n) is 4.44. The van der Waals surface area contributed by atoms with Gasteiger partial charge in [0, 0.05) is 6.54 Å². The lowest BCUT2D eigenvalue weighted by molar-refractivity contribution is 0.937. The van der Waals surface area contributed by atoms with Gasteiger partial charge in [0.05, 0.1) is 5.71 Å². The van der Waals surface area contributed by atoms with Gasteiger partial charge in [0.25, 0.3) is 0 Å². The fraction of sp³-hybridized carbons (Fsp3) is 0.500. The number of nitrogen functional groups attached to an aromatic ring is 1. The van der Waals surface area contributed by atoms with Gasteiger partial charge in [0.1, 0.15) is 0 Å². The molecule has 0 aliphatic heterocycles. The van der Waals surface area contributed by atoms with Gasteiger partial charge >= 0.3 is 0 Å². The molecule has 1 aromatic rings. The number of nitrogens with two attached hydrogens (primary N) is 1. The van der Waals surface area contributed by atoms with E-state index < -0.39 is 0 Å². The Kier molecular flexibility index (Phi) is 3.33.